The minimum atomic E-state index is 0.0323. The second-order valence-electron chi connectivity index (χ2n) is 5.66. The van der Waals surface area contributed by atoms with Gasteiger partial charge in [0.15, 0.2) is 0 Å². The molecule has 1 aliphatic heterocycles. The predicted molar refractivity (Wildman–Crippen MR) is 76.0 cm³/mol. The number of nitrogens with two attached hydrogens (primary N) is 1. The molecule has 4 atom stereocenters. The van der Waals surface area contributed by atoms with E-state index >= 15 is 0 Å². The number of hydrogen-bond donors (Lipinski definition) is 1. The molecule has 2 heterocycles. The third-order valence-electron chi connectivity index (χ3n) is 3.89. The van der Waals surface area contributed by atoms with Crippen LogP contribution in [-0.2, 0) is 4.74 Å². The Morgan fingerprint density at radius 2 is 2.21 bits per heavy atom. The van der Waals surface area contributed by atoms with Gasteiger partial charge in [0.2, 0.25) is 0 Å². The van der Waals surface area contributed by atoms with Gasteiger partial charge in [-0.15, -0.1) is 0 Å². The number of hydrogen-bond acceptors (Lipinski definition) is 4. The summed E-state index contributed by atoms with van der Waals surface area (Å²) in [6.07, 6.45) is 1.32. The summed E-state index contributed by atoms with van der Waals surface area (Å²) in [4.78, 5) is 2.46. The maximum atomic E-state index is 6.23. The first-order chi connectivity index (χ1) is 9.02. The lowest BCUT2D eigenvalue weighted by atomic mass is 10.0. The number of rotatable bonds is 4. The van der Waals surface area contributed by atoms with Gasteiger partial charge in [-0.25, -0.2) is 0 Å². The molecule has 4 nitrogen and oxygen atoms in total. The van der Waals surface area contributed by atoms with E-state index in [0.717, 1.165) is 31.1 Å². The van der Waals surface area contributed by atoms with Gasteiger partial charge in [0.1, 0.15) is 11.5 Å². The highest BCUT2D eigenvalue weighted by molar-refractivity contribution is 5.12. The molecular weight excluding hydrogens is 240 g/mol. The van der Waals surface area contributed by atoms with E-state index in [-0.39, 0.29) is 18.2 Å². The fourth-order valence-electron chi connectivity index (χ4n) is 2.90. The van der Waals surface area contributed by atoms with Crippen molar-refractivity contribution in [1.29, 1.82) is 0 Å². The fourth-order valence-corrected chi connectivity index (χ4v) is 2.90. The van der Waals surface area contributed by atoms with Crippen LogP contribution in [0.25, 0.3) is 0 Å². The molecule has 1 aromatic heterocycles. The first kappa shape index (κ1) is 14.6. The maximum absolute atomic E-state index is 6.23. The van der Waals surface area contributed by atoms with Crippen LogP contribution in [0.3, 0.4) is 0 Å². The van der Waals surface area contributed by atoms with E-state index in [2.05, 4.69) is 31.7 Å². The van der Waals surface area contributed by atoms with Crippen LogP contribution < -0.4 is 5.73 Å². The average molecular weight is 266 g/mol. The van der Waals surface area contributed by atoms with Gasteiger partial charge in [0, 0.05) is 18.6 Å². The van der Waals surface area contributed by atoms with Gasteiger partial charge in [-0.2, -0.15) is 0 Å². The van der Waals surface area contributed by atoms with E-state index in [4.69, 9.17) is 14.9 Å². The van der Waals surface area contributed by atoms with Gasteiger partial charge >= 0.3 is 0 Å². The van der Waals surface area contributed by atoms with Gasteiger partial charge in [0.05, 0.1) is 18.8 Å². The lowest BCUT2D eigenvalue weighted by molar-refractivity contribution is -0.0792. The Morgan fingerprint density at radius 1 is 1.47 bits per heavy atom. The Morgan fingerprint density at radius 3 is 2.74 bits per heavy atom. The number of aryl methyl sites for hydroxylation is 1. The van der Waals surface area contributed by atoms with Crippen molar-refractivity contribution in [2.75, 3.05) is 13.2 Å². The molecule has 2 rings (SSSR count). The molecule has 1 aromatic rings. The molecular formula is C15H26N2O2. The van der Waals surface area contributed by atoms with Crippen molar-refractivity contribution in [3.05, 3.63) is 23.7 Å². The molecule has 1 saturated heterocycles. The first-order valence-electron chi connectivity index (χ1n) is 7.22. The van der Waals surface area contributed by atoms with Crippen LogP contribution in [0.5, 0.6) is 0 Å². The van der Waals surface area contributed by atoms with E-state index in [1.54, 1.807) is 0 Å². The van der Waals surface area contributed by atoms with Gasteiger partial charge in [-0.05, 0) is 39.3 Å². The highest BCUT2D eigenvalue weighted by Gasteiger charge is 2.35. The van der Waals surface area contributed by atoms with Crippen LogP contribution >= 0.6 is 0 Å². The zero-order valence-electron chi connectivity index (χ0n) is 12.4. The minimum Gasteiger partial charge on any atom is -0.465 e. The van der Waals surface area contributed by atoms with Gasteiger partial charge in [-0.3, -0.25) is 4.90 Å². The van der Waals surface area contributed by atoms with Crippen molar-refractivity contribution in [2.45, 2.75) is 58.3 Å². The highest BCUT2D eigenvalue weighted by Crippen LogP contribution is 2.30. The zero-order valence-corrected chi connectivity index (χ0v) is 12.4. The Bertz CT molecular complexity index is 403. The van der Waals surface area contributed by atoms with Crippen LogP contribution in [0, 0.1) is 6.92 Å². The van der Waals surface area contributed by atoms with Crippen LogP contribution in [-0.4, -0.2) is 36.2 Å². The number of morpholine rings is 1. The van der Waals surface area contributed by atoms with Crippen LogP contribution in [0.1, 0.15) is 44.8 Å². The molecule has 108 valence electrons. The summed E-state index contributed by atoms with van der Waals surface area (Å²) in [6.45, 7) is 10.0. The predicted octanol–water partition coefficient (Wildman–Crippen LogP) is 2.48. The molecule has 19 heavy (non-hydrogen) atoms. The van der Waals surface area contributed by atoms with Crippen molar-refractivity contribution < 1.29 is 9.15 Å². The standard InChI is InChI=1S/C15H26N2O2/c1-5-13-9-18-11(3)8-17(13)15(12(4)16)14-7-6-10(2)19-14/h6-7,11-13,15H,5,8-9,16H2,1-4H3. The summed E-state index contributed by atoms with van der Waals surface area (Å²) < 4.78 is 11.6. The summed E-state index contributed by atoms with van der Waals surface area (Å²) >= 11 is 0. The molecule has 4 unspecified atom stereocenters. The zero-order chi connectivity index (χ0) is 14.0. The van der Waals surface area contributed by atoms with Crippen molar-refractivity contribution in [3.63, 3.8) is 0 Å². The number of nitrogens with zero attached hydrogens (tertiary/aromatic N) is 1. The fraction of sp³-hybridized carbons (Fsp3) is 0.733. The smallest absolute Gasteiger partial charge is 0.122 e. The minimum absolute atomic E-state index is 0.0323. The van der Waals surface area contributed by atoms with Gasteiger partial charge < -0.3 is 14.9 Å². The number of ether oxygens (including phenoxy) is 1. The maximum Gasteiger partial charge on any atom is 0.122 e. The van der Waals surface area contributed by atoms with Crippen LogP contribution in [0.4, 0.5) is 0 Å². The Labute approximate surface area is 115 Å². The first-order valence-corrected chi connectivity index (χ1v) is 7.22. The third-order valence-corrected chi connectivity index (χ3v) is 3.89. The summed E-state index contributed by atoms with van der Waals surface area (Å²) in [5.74, 6) is 1.91. The van der Waals surface area contributed by atoms with Crippen molar-refractivity contribution in [2.24, 2.45) is 5.73 Å². The molecule has 0 radical (unpaired) electrons. The van der Waals surface area contributed by atoms with Crippen molar-refractivity contribution in [3.8, 4) is 0 Å². The molecule has 4 heteroatoms. The molecule has 0 aromatic carbocycles. The van der Waals surface area contributed by atoms with Crippen molar-refractivity contribution in [1.82, 2.24) is 4.90 Å². The topological polar surface area (TPSA) is 51.6 Å². The summed E-state index contributed by atoms with van der Waals surface area (Å²) in [5.41, 5.74) is 6.23. The Hall–Kier alpha value is -0.840. The molecule has 0 aliphatic carbocycles. The van der Waals surface area contributed by atoms with E-state index in [1.165, 1.54) is 0 Å². The summed E-state index contributed by atoms with van der Waals surface area (Å²) in [5, 5.41) is 0. The molecule has 1 fully saturated rings. The second kappa shape index (κ2) is 6.07. The molecule has 0 saturated carbocycles. The summed E-state index contributed by atoms with van der Waals surface area (Å²) in [6, 6.07) is 4.64. The largest absolute Gasteiger partial charge is 0.465 e. The molecule has 0 amide bonds. The Kier molecular flexibility index (Phi) is 4.66. The summed E-state index contributed by atoms with van der Waals surface area (Å²) in [7, 11) is 0. The molecule has 1 aliphatic rings. The van der Waals surface area contributed by atoms with Crippen molar-refractivity contribution >= 4 is 0 Å². The van der Waals surface area contributed by atoms with Gasteiger partial charge in [-0.1, -0.05) is 6.92 Å². The van der Waals surface area contributed by atoms with Crippen LogP contribution in [0.15, 0.2) is 16.5 Å². The number of furan rings is 1. The Balaban J connectivity index is 2.26. The van der Waals surface area contributed by atoms with Gasteiger partial charge in [0.25, 0.3) is 0 Å². The quantitative estimate of drug-likeness (QED) is 0.909. The highest BCUT2D eigenvalue weighted by atomic mass is 16.5. The second-order valence-corrected chi connectivity index (χ2v) is 5.66. The van der Waals surface area contributed by atoms with Crippen LogP contribution in [0.2, 0.25) is 0 Å². The third kappa shape index (κ3) is 3.19. The lowest BCUT2D eigenvalue weighted by Gasteiger charge is -2.43. The normalized spacial score (nSPS) is 28.3. The average Bonchev–Trinajstić information content (AvgIpc) is 2.76. The van der Waals surface area contributed by atoms with E-state index < -0.39 is 0 Å². The monoisotopic (exact) mass is 266 g/mol. The van der Waals surface area contributed by atoms with E-state index in [9.17, 15) is 0 Å². The van der Waals surface area contributed by atoms with E-state index in [1.807, 2.05) is 13.0 Å². The molecule has 0 bridgehead atoms. The lowest BCUT2D eigenvalue weighted by Crippen LogP contribution is -2.53. The molecule has 2 N–H and O–H groups in total. The molecule has 0 spiro atoms. The SMILES string of the molecule is CCC1COC(C)CN1C(c1ccc(C)o1)C(C)N. The van der Waals surface area contributed by atoms with E-state index in [0.29, 0.717) is 6.04 Å².